The number of nitrogens with one attached hydrogen (secondary N) is 1. The zero-order valence-electron chi connectivity index (χ0n) is 14.6. The van der Waals surface area contributed by atoms with E-state index in [-0.39, 0.29) is 11.8 Å². The lowest BCUT2D eigenvalue weighted by atomic mass is 10.1. The van der Waals surface area contributed by atoms with Crippen LogP contribution in [0, 0.1) is 0 Å². The molecule has 0 spiro atoms. The maximum atomic E-state index is 12.9. The number of carbonyl (C=O) groups is 1. The number of alkyl halides is 3. The molecular formula is C19H22F3N3O. The minimum atomic E-state index is -4.42. The van der Waals surface area contributed by atoms with Crippen LogP contribution in [-0.2, 0) is 19.1 Å². The first-order valence-corrected chi connectivity index (χ1v) is 8.90. The van der Waals surface area contributed by atoms with E-state index in [9.17, 15) is 18.0 Å². The van der Waals surface area contributed by atoms with Gasteiger partial charge in [0.1, 0.15) is 0 Å². The summed E-state index contributed by atoms with van der Waals surface area (Å²) in [7, 11) is 0. The van der Waals surface area contributed by atoms with Crippen LogP contribution in [0.3, 0.4) is 0 Å². The second-order valence-electron chi connectivity index (χ2n) is 6.61. The molecule has 1 saturated carbocycles. The highest BCUT2D eigenvalue weighted by atomic mass is 19.4. The molecule has 1 fully saturated rings. The molecule has 0 bridgehead atoms. The molecule has 26 heavy (non-hydrogen) atoms. The summed E-state index contributed by atoms with van der Waals surface area (Å²) in [5.74, 6) is 0.0109. The van der Waals surface area contributed by atoms with Gasteiger partial charge in [-0.1, -0.05) is 19.1 Å². The van der Waals surface area contributed by atoms with Crippen LogP contribution in [0.25, 0.3) is 0 Å². The summed E-state index contributed by atoms with van der Waals surface area (Å²) in [5, 5.41) is 6.52. The lowest BCUT2D eigenvalue weighted by molar-refractivity contribution is -0.141. The van der Waals surface area contributed by atoms with Gasteiger partial charge in [-0.2, -0.15) is 18.3 Å². The summed E-state index contributed by atoms with van der Waals surface area (Å²) in [4.78, 5) is 12.1. The van der Waals surface area contributed by atoms with Crippen LogP contribution in [0.5, 0.6) is 0 Å². The number of carbonyl (C=O) groups excluding carboxylic acids is 1. The highest BCUT2D eigenvalue weighted by Crippen LogP contribution is 2.42. The van der Waals surface area contributed by atoms with Crippen molar-refractivity contribution in [1.29, 1.82) is 0 Å². The lowest BCUT2D eigenvalue weighted by Crippen LogP contribution is -2.25. The molecule has 4 nitrogen and oxygen atoms in total. The van der Waals surface area contributed by atoms with Gasteiger partial charge in [0.25, 0.3) is 5.91 Å². The van der Waals surface area contributed by atoms with Gasteiger partial charge in [0.05, 0.1) is 0 Å². The minimum absolute atomic E-state index is 0.175. The van der Waals surface area contributed by atoms with Crippen molar-refractivity contribution in [2.24, 2.45) is 0 Å². The molecule has 1 N–H and O–H groups in total. The van der Waals surface area contributed by atoms with Gasteiger partial charge >= 0.3 is 6.18 Å². The Kier molecular flexibility index (Phi) is 5.34. The Morgan fingerprint density at radius 2 is 1.96 bits per heavy atom. The van der Waals surface area contributed by atoms with Crippen LogP contribution >= 0.6 is 0 Å². The molecule has 1 aliphatic carbocycles. The summed E-state index contributed by atoms with van der Waals surface area (Å²) in [6.45, 7) is 2.79. The van der Waals surface area contributed by atoms with Crippen LogP contribution in [0.4, 0.5) is 13.2 Å². The molecule has 0 saturated heterocycles. The Labute approximate surface area is 150 Å². The number of aryl methyl sites for hydroxylation is 2. The number of nitrogens with zero attached hydrogens (tertiary/aromatic N) is 2. The summed E-state index contributed by atoms with van der Waals surface area (Å²) in [6.07, 6.45) is -1.17. The van der Waals surface area contributed by atoms with E-state index in [0.717, 1.165) is 30.9 Å². The van der Waals surface area contributed by atoms with Crippen LogP contribution in [-0.4, -0.2) is 22.2 Å². The molecule has 1 aromatic carbocycles. The molecule has 0 radical (unpaired) electrons. The minimum Gasteiger partial charge on any atom is -0.352 e. The van der Waals surface area contributed by atoms with Crippen molar-refractivity contribution in [3.05, 3.63) is 52.8 Å². The first kappa shape index (κ1) is 18.5. The molecule has 0 atom stereocenters. The smallest absolute Gasteiger partial charge is 0.352 e. The van der Waals surface area contributed by atoms with E-state index in [2.05, 4.69) is 10.4 Å². The molecule has 1 heterocycles. The van der Waals surface area contributed by atoms with Gasteiger partial charge in [-0.3, -0.25) is 9.48 Å². The molecule has 0 unspecified atom stereocenters. The Balaban J connectivity index is 1.53. The SMILES string of the molecule is CCc1ccc(C(=O)NCCCn2nc(C(F)(F)F)cc2C2CC2)cc1. The van der Waals surface area contributed by atoms with E-state index in [1.54, 1.807) is 12.1 Å². The van der Waals surface area contributed by atoms with Gasteiger partial charge in [0.2, 0.25) is 0 Å². The molecule has 1 aliphatic rings. The molecule has 1 amide bonds. The van der Waals surface area contributed by atoms with Crippen LogP contribution in [0.1, 0.15) is 59.4 Å². The zero-order valence-corrected chi connectivity index (χ0v) is 14.6. The zero-order chi connectivity index (χ0) is 18.7. The molecule has 7 heteroatoms. The second-order valence-corrected chi connectivity index (χ2v) is 6.61. The largest absolute Gasteiger partial charge is 0.435 e. The summed E-state index contributed by atoms with van der Waals surface area (Å²) >= 11 is 0. The number of aromatic nitrogens is 2. The molecule has 0 aliphatic heterocycles. The normalized spacial score (nSPS) is 14.5. The average Bonchev–Trinajstić information content (AvgIpc) is 3.37. The fourth-order valence-electron chi connectivity index (χ4n) is 2.88. The van der Waals surface area contributed by atoms with E-state index in [1.807, 2.05) is 19.1 Å². The highest BCUT2D eigenvalue weighted by molar-refractivity contribution is 5.94. The van der Waals surface area contributed by atoms with Gasteiger partial charge in [-0.05, 0) is 49.4 Å². The van der Waals surface area contributed by atoms with Gasteiger partial charge < -0.3 is 5.32 Å². The van der Waals surface area contributed by atoms with Crippen LogP contribution in [0.2, 0.25) is 0 Å². The maximum absolute atomic E-state index is 12.9. The van der Waals surface area contributed by atoms with Crippen LogP contribution in [0.15, 0.2) is 30.3 Å². The third kappa shape index (κ3) is 4.45. The van der Waals surface area contributed by atoms with Gasteiger partial charge in [0.15, 0.2) is 5.69 Å². The standard InChI is InChI=1S/C19H22F3N3O/c1-2-13-4-6-15(7-5-13)18(26)23-10-3-11-25-16(14-8-9-14)12-17(24-25)19(20,21)22/h4-7,12,14H,2-3,8-11H2,1H3,(H,23,26). The van der Waals surface area contributed by atoms with Gasteiger partial charge in [-0.15, -0.1) is 0 Å². The highest BCUT2D eigenvalue weighted by Gasteiger charge is 2.37. The van der Waals surface area contributed by atoms with Crippen molar-refractivity contribution in [2.75, 3.05) is 6.54 Å². The fraction of sp³-hybridized carbons (Fsp3) is 0.474. The molecule has 2 aromatic rings. The number of benzene rings is 1. The number of rotatable bonds is 7. The van der Waals surface area contributed by atoms with Gasteiger partial charge in [-0.25, -0.2) is 0 Å². The number of amides is 1. The van der Waals surface area contributed by atoms with Crippen molar-refractivity contribution in [3.8, 4) is 0 Å². The Hall–Kier alpha value is -2.31. The summed E-state index contributed by atoms with van der Waals surface area (Å²) < 4.78 is 40.1. The van der Waals surface area contributed by atoms with E-state index in [1.165, 1.54) is 4.68 Å². The molecule has 3 rings (SSSR count). The lowest BCUT2D eigenvalue weighted by Gasteiger charge is -2.08. The van der Waals surface area contributed by atoms with Gasteiger partial charge in [0, 0.05) is 30.3 Å². The number of hydrogen-bond donors (Lipinski definition) is 1. The number of halogens is 3. The second kappa shape index (κ2) is 7.51. The predicted molar refractivity (Wildman–Crippen MR) is 92.0 cm³/mol. The van der Waals surface area contributed by atoms with Crippen molar-refractivity contribution in [2.45, 2.75) is 51.2 Å². The Morgan fingerprint density at radius 3 is 2.54 bits per heavy atom. The fourth-order valence-corrected chi connectivity index (χ4v) is 2.88. The molecule has 1 aromatic heterocycles. The number of hydrogen-bond acceptors (Lipinski definition) is 2. The summed E-state index contributed by atoms with van der Waals surface area (Å²) in [5.41, 5.74) is 1.56. The third-order valence-electron chi connectivity index (χ3n) is 4.55. The van der Waals surface area contributed by atoms with Crippen molar-refractivity contribution < 1.29 is 18.0 Å². The first-order valence-electron chi connectivity index (χ1n) is 8.90. The third-order valence-corrected chi connectivity index (χ3v) is 4.55. The van der Waals surface area contributed by atoms with E-state index in [0.29, 0.717) is 30.8 Å². The predicted octanol–water partition coefficient (Wildman–Crippen LogP) is 4.16. The van der Waals surface area contributed by atoms with E-state index in [4.69, 9.17) is 0 Å². The van der Waals surface area contributed by atoms with Crippen molar-refractivity contribution in [1.82, 2.24) is 15.1 Å². The van der Waals surface area contributed by atoms with Crippen molar-refractivity contribution in [3.63, 3.8) is 0 Å². The van der Waals surface area contributed by atoms with E-state index < -0.39 is 11.9 Å². The topological polar surface area (TPSA) is 46.9 Å². The monoisotopic (exact) mass is 365 g/mol. The Bertz CT molecular complexity index is 761. The van der Waals surface area contributed by atoms with E-state index >= 15 is 0 Å². The Morgan fingerprint density at radius 1 is 1.27 bits per heavy atom. The van der Waals surface area contributed by atoms with Crippen molar-refractivity contribution >= 4 is 5.91 Å². The average molecular weight is 365 g/mol. The first-order chi connectivity index (χ1) is 12.4. The quantitative estimate of drug-likeness (QED) is 0.749. The van der Waals surface area contributed by atoms with Crippen LogP contribution < -0.4 is 5.32 Å². The summed E-state index contributed by atoms with van der Waals surface area (Å²) in [6, 6.07) is 8.55. The maximum Gasteiger partial charge on any atom is 0.435 e. The molecular weight excluding hydrogens is 343 g/mol. The molecule has 140 valence electrons.